The van der Waals surface area contributed by atoms with Gasteiger partial charge in [-0.2, -0.15) is 23.5 Å². The van der Waals surface area contributed by atoms with E-state index in [1.54, 1.807) is 0 Å². The van der Waals surface area contributed by atoms with Gasteiger partial charge in [-0.05, 0) is 119 Å². The van der Waals surface area contributed by atoms with Crippen LogP contribution in [-0.4, -0.2) is 36.2 Å². The van der Waals surface area contributed by atoms with Gasteiger partial charge in [-0.15, -0.1) is 0 Å². The molecule has 2 fully saturated rings. The van der Waals surface area contributed by atoms with Crippen molar-refractivity contribution < 1.29 is 4.74 Å². The molecule has 0 N–H and O–H groups in total. The van der Waals surface area contributed by atoms with Crippen molar-refractivity contribution in [2.24, 2.45) is 94.7 Å². The summed E-state index contributed by atoms with van der Waals surface area (Å²) >= 11 is 4.09. The standard InChI is InChI=1S/C39H76OS2/c1-22(2)31-19-30(20-41-15)37(35(25(7)8)33(31)23(3)4)28(13)17-18-29(14)38-36(26(9)10)34(24(5)6)32(21-42-16)40-39(38)27(11)12/h22-39H,17-21H2,1-16H3. The van der Waals surface area contributed by atoms with E-state index in [9.17, 15) is 0 Å². The van der Waals surface area contributed by atoms with E-state index in [0.717, 1.165) is 64.9 Å². The zero-order valence-electron chi connectivity index (χ0n) is 31.2. The number of hydrogen-bond acceptors (Lipinski definition) is 3. The molecule has 2 rings (SSSR count). The third-order valence-electron chi connectivity index (χ3n) is 12.2. The molecule has 0 aromatic carbocycles. The lowest BCUT2D eigenvalue weighted by molar-refractivity contribution is -0.185. The quantitative estimate of drug-likeness (QED) is 0.179. The van der Waals surface area contributed by atoms with Crippen molar-refractivity contribution in [1.82, 2.24) is 0 Å². The molecule has 0 aromatic rings. The van der Waals surface area contributed by atoms with Gasteiger partial charge < -0.3 is 4.74 Å². The van der Waals surface area contributed by atoms with Crippen LogP contribution < -0.4 is 0 Å². The average Bonchev–Trinajstić information content (AvgIpc) is 2.89. The van der Waals surface area contributed by atoms with Crippen LogP contribution in [0.2, 0.25) is 0 Å². The maximum Gasteiger partial charge on any atom is 0.0702 e. The Kier molecular flexibility index (Phi) is 16.2. The second-order valence-corrected chi connectivity index (χ2v) is 19.0. The smallest absolute Gasteiger partial charge is 0.0702 e. The Bertz CT molecular complexity index is 745. The number of rotatable bonds is 15. The molecule has 42 heavy (non-hydrogen) atoms. The van der Waals surface area contributed by atoms with Crippen LogP contribution in [0.25, 0.3) is 0 Å². The Hall–Kier alpha value is 0.660. The first-order chi connectivity index (χ1) is 19.6. The molecule has 2 aliphatic rings. The van der Waals surface area contributed by atoms with Gasteiger partial charge in [0.1, 0.15) is 0 Å². The molecule has 1 saturated heterocycles. The first kappa shape index (κ1) is 38.8. The summed E-state index contributed by atoms with van der Waals surface area (Å²) in [6.45, 7) is 35.3. The summed E-state index contributed by atoms with van der Waals surface area (Å²) in [5.41, 5.74) is 0. The van der Waals surface area contributed by atoms with Gasteiger partial charge in [0, 0.05) is 5.75 Å². The van der Waals surface area contributed by atoms with Gasteiger partial charge in [-0.1, -0.05) is 110 Å². The molecule has 0 amide bonds. The van der Waals surface area contributed by atoms with E-state index in [1.165, 1.54) is 25.0 Å². The van der Waals surface area contributed by atoms with Crippen LogP contribution >= 0.6 is 23.5 Å². The Labute approximate surface area is 274 Å². The predicted molar refractivity (Wildman–Crippen MR) is 195 cm³/mol. The van der Waals surface area contributed by atoms with Gasteiger partial charge in [-0.25, -0.2) is 0 Å². The van der Waals surface area contributed by atoms with E-state index in [-0.39, 0.29) is 0 Å². The summed E-state index contributed by atoms with van der Waals surface area (Å²) in [7, 11) is 0. The van der Waals surface area contributed by atoms with Crippen LogP contribution in [0.3, 0.4) is 0 Å². The number of thioether (sulfide) groups is 2. The van der Waals surface area contributed by atoms with E-state index >= 15 is 0 Å². The molecule has 0 spiro atoms. The summed E-state index contributed by atoms with van der Waals surface area (Å²) in [6, 6.07) is 0. The summed E-state index contributed by atoms with van der Waals surface area (Å²) in [4.78, 5) is 0. The Morgan fingerprint density at radius 3 is 1.36 bits per heavy atom. The van der Waals surface area contributed by atoms with Gasteiger partial charge in [0.15, 0.2) is 0 Å². The molecule has 0 radical (unpaired) electrons. The van der Waals surface area contributed by atoms with Crippen molar-refractivity contribution in [2.75, 3.05) is 24.0 Å². The third kappa shape index (κ3) is 9.14. The molecule has 3 heteroatoms. The minimum absolute atomic E-state index is 0.384. The van der Waals surface area contributed by atoms with Crippen molar-refractivity contribution in [2.45, 2.75) is 128 Å². The fourth-order valence-electron chi connectivity index (χ4n) is 10.7. The second-order valence-electron chi connectivity index (χ2n) is 17.2. The molecule has 0 aromatic heterocycles. The van der Waals surface area contributed by atoms with E-state index < -0.39 is 0 Å². The second kappa shape index (κ2) is 17.5. The van der Waals surface area contributed by atoms with E-state index in [2.05, 4.69) is 121 Å². The van der Waals surface area contributed by atoms with E-state index in [1.807, 2.05) is 11.8 Å². The van der Waals surface area contributed by atoms with Crippen LogP contribution in [-0.2, 0) is 4.74 Å². The Morgan fingerprint density at radius 2 is 0.952 bits per heavy atom. The molecule has 1 aliphatic carbocycles. The van der Waals surface area contributed by atoms with E-state index in [4.69, 9.17) is 4.74 Å². The predicted octanol–water partition coefficient (Wildman–Crippen LogP) is 11.8. The molecular weight excluding hydrogens is 549 g/mol. The highest BCUT2D eigenvalue weighted by Gasteiger charge is 2.51. The van der Waals surface area contributed by atoms with Gasteiger partial charge in [0.05, 0.1) is 12.2 Å². The van der Waals surface area contributed by atoms with Gasteiger partial charge in [0.2, 0.25) is 0 Å². The van der Waals surface area contributed by atoms with Crippen LogP contribution in [0, 0.1) is 94.7 Å². The average molecular weight is 625 g/mol. The lowest BCUT2D eigenvalue weighted by Gasteiger charge is -2.55. The molecule has 12 atom stereocenters. The maximum absolute atomic E-state index is 7.15. The summed E-state index contributed by atoms with van der Waals surface area (Å²) < 4.78 is 7.15. The first-order valence-corrected chi connectivity index (χ1v) is 21.0. The zero-order chi connectivity index (χ0) is 32.0. The molecule has 1 heterocycles. The number of ether oxygens (including phenoxy) is 1. The first-order valence-electron chi connectivity index (χ1n) is 18.2. The van der Waals surface area contributed by atoms with Crippen molar-refractivity contribution >= 4 is 23.5 Å². The molecule has 250 valence electrons. The van der Waals surface area contributed by atoms with Crippen LogP contribution in [0.5, 0.6) is 0 Å². The topological polar surface area (TPSA) is 9.23 Å². The number of hydrogen-bond donors (Lipinski definition) is 0. The fraction of sp³-hybridized carbons (Fsp3) is 1.00. The van der Waals surface area contributed by atoms with Gasteiger partial charge in [-0.3, -0.25) is 0 Å². The van der Waals surface area contributed by atoms with E-state index in [0.29, 0.717) is 47.7 Å². The normalized spacial score (nSPS) is 36.1. The Morgan fingerprint density at radius 1 is 0.500 bits per heavy atom. The zero-order valence-corrected chi connectivity index (χ0v) is 32.8. The van der Waals surface area contributed by atoms with Crippen molar-refractivity contribution in [3.8, 4) is 0 Å². The van der Waals surface area contributed by atoms with Gasteiger partial charge >= 0.3 is 0 Å². The highest BCUT2D eigenvalue weighted by atomic mass is 32.2. The SMILES string of the molecule is CSCC1CC(C(C)C)C(C(C)C)C(C(C)C)C1C(C)CCC(C)C1C(C(C)C)OC(CSC)C(C(C)C)C1C(C)C. The van der Waals surface area contributed by atoms with Crippen LogP contribution in [0.15, 0.2) is 0 Å². The molecule has 1 nitrogen and oxygen atoms in total. The van der Waals surface area contributed by atoms with Crippen molar-refractivity contribution in [3.63, 3.8) is 0 Å². The molecule has 1 saturated carbocycles. The summed E-state index contributed by atoms with van der Waals surface area (Å²) in [5, 5.41) is 0. The maximum atomic E-state index is 7.15. The lowest BCUT2D eigenvalue weighted by Crippen LogP contribution is -2.55. The minimum atomic E-state index is 0.384. The molecule has 0 bridgehead atoms. The van der Waals surface area contributed by atoms with Crippen molar-refractivity contribution in [3.05, 3.63) is 0 Å². The third-order valence-corrected chi connectivity index (χ3v) is 13.7. The van der Waals surface area contributed by atoms with Crippen molar-refractivity contribution in [1.29, 1.82) is 0 Å². The van der Waals surface area contributed by atoms with Crippen LogP contribution in [0.4, 0.5) is 0 Å². The molecule has 1 aliphatic heterocycles. The highest BCUT2D eigenvalue weighted by molar-refractivity contribution is 7.98. The van der Waals surface area contributed by atoms with Gasteiger partial charge in [0.25, 0.3) is 0 Å². The Balaban J connectivity index is 2.39. The highest BCUT2D eigenvalue weighted by Crippen LogP contribution is 2.55. The summed E-state index contributed by atoms with van der Waals surface area (Å²) in [6.07, 6.45) is 9.57. The minimum Gasteiger partial charge on any atom is -0.373 e. The largest absolute Gasteiger partial charge is 0.373 e. The molecular formula is C39H76OS2. The fourth-order valence-corrected chi connectivity index (χ4v) is 12.1. The lowest BCUT2D eigenvalue weighted by atomic mass is 9.51. The molecule has 12 unspecified atom stereocenters. The van der Waals surface area contributed by atoms with Crippen LogP contribution in [0.1, 0.15) is 116 Å². The summed E-state index contributed by atoms with van der Waals surface area (Å²) in [5.74, 6) is 14.6. The monoisotopic (exact) mass is 625 g/mol.